The SMILES string of the molecule is CN(CCC(N)=S)C(=O)CCCc1ccccc1. The monoisotopic (exact) mass is 264 g/mol. The number of benzene rings is 1. The molecule has 0 unspecified atom stereocenters. The molecule has 0 aromatic heterocycles. The van der Waals surface area contributed by atoms with Gasteiger partial charge in [0.05, 0.1) is 4.99 Å². The van der Waals surface area contributed by atoms with Crippen LogP contribution in [0.15, 0.2) is 30.3 Å². The van der Waals surface area contributed by atoms with E-state index in [4.69, 9.17) is 18.0 Å². The fourth-order valence-corrected chi connectivity index (χ4v) is 1.77. The number of hydrogen-bond acceptors (Lipinski definition) is 2. The summed E-state index contributed by atoms with van der Waals surface area (Å²) in [5.41, 5.74) is 6.68. The molecule has 0 atom stereocenters. The molecule has 98 valence electrons. The van der Waals surface area contributed by atoms with Gasteiger partial charge in [0.2, 0.25) is 5.91 Å². The number of carbonyl (C=O) groups is 1. The highest BCUT2D eigenvalue weighted by molar-refractivity contribution is 7.80. The van der Waals surface area contributed by atoms with Crippen LogP contribution in [0.4, 0.5) is 0 Å². The molecule has 1 amide bonds. The molecule has 1 rings (SSSR count). The van der Waals surface area contributed by atoms with E-state index >= 15 is 0 Å². The van der Waals surface area contributed by atoms with Gasteiger partial charge >= 0.3 is 0 Å². The molecule has 18 heavy (non-hydrogen) atoms. The van der Waals surface area contributed by atoms with E-state index in [-0.39, 0.29) is 5.91 Å². The largest absolute Gasteiger partial charge is 0.393 e. The molecule has 4 heteroatoms. The lowest BCUT2D eigenvalue weighted by Crippen LogP contribution is -2.29. The summed E-state index contributed by atoms with van der Waals surface area (Å²) in [4.78, 5) is 13.9. The lowest BCUT2D eigenvalue weighted by molar-refractivity contribution is -0.129. The minimum atomic E-state index is 0.155. The van der Waals surface area contributed by atoms with Crippen molar-refractivity contribution in [2.24, 2.45) is 5.73 Å². The van der Waals surface area contributed by atoms with Gasteiger partial charge in [-0.2, -0.15) is 0 Å². The molecular weight excluding hydrogens is 244 g/mol. The number of hydrogen-bond donors (Lipinski definition) is 1. The van der Waals surface area contributed by atoms with Crippen molar-refractivity contribution in [3.05, 3.63) is 35.9 Å². The van der Waals surface area contributed by atoms with E-state index in [0.717, 1.165) is 12.8 Å². The van der Waals surface area contributed by atoms with E-state index in [9.17, 15) is 4.79 Å². The first kappa shape index (κ1) is 14.6. The second-order valence-corrected chi connectivity index (χ2v) is 4.90. The fourth-order valence-electron chi connectivity index (χ4n) is 1.68. The fraction of sp³-hybridized carbons (Fsp3) is 0.429. The first-order chi connectivity index (χ1) is 8.59. The van der Waals surface area contributed by atoms with E-state index < -0.39 is 0 Å². The maximum atomic E-state index is 11.8. The van der Waals surface area contributed by atoms with Gasteiger partial charge in [-0.3, -0.25) is 4.79 Å². The third kappa shape index (κ3) is 5.77. The summed E-state index contributed by atoms with van der Waals surface area (Å²) >= 11 is 4.79. The Kier molecular flexibility index (Phi) is 6.36. The van der Waals surface area contributed by atoms with Crippen LogP contribution in [-0.2, 0) is 11.2 Å². The molecule has 0 radical (unpaired) electrons. The molecule has 0 saturated carbocycles. The van der Waals surface area contributed by atoms with Crippen molar-refractivity contribution in [2.45, 2.75) is 25.7 Å². The van der Waals surface area contributed by atoms with Crippen molar-refractivity contribution in [3.8, 4) is 0 Å². The zero-order valence-electron chi connectivity index (χ0n) is 10.8. The predicted molar refractivity (Wildman–Crippen MR) is 78.4 cm³/mol. The third-order valence-electron chi connectivity index (χ3n) is 2.82. The zero-order valence-corrected chi connectivity index (χ0v) is 11.6. The Morgan fingerprint density at radius 1 is 1.28 bits per heavy atom. The van der Waals surface area contributed by atoms with E-state index in [2.05, 4.69) is 12.1 Å². The molecule has 1 aromatic carbocycles. The molecule has 3 nitrogen and oxygen atoms in total. The van der Waals surface area contributed by atoms with Crippen molar-refractivity contribution in [1.29, 1.82) is 0 Å². The van der Waals surface area contributed by atoms with Crippen LogP contribution in [0.5, 0.6) is 0 Å². The van der Waals surface area contributed by atoms with Crippen molar-refractivity contribution < 1.29 is 4.79 Å². The summed E-state index contributed by atoms with van der Waals surface area (Å²) in [6.45, 7) is 0.611. The summed E-state index contributed by atoms with van der Waals surface area (Å²) in [5.74, 6) is 0.155. The smallest absolute Gasteiger partial charge is 0.222 e. The Balaban J connectivity index is 2.22. The maximum absolute atomic E-state index is 11.8. The van der Waals surface area contributed by atoms with Crippen LogP contribution < -0.4 is 5.73 Å². The summed E-state index contributed by atoms with van der Waals surface area (Å²) in [5, 5.41) is 0. The molecule has 0 aliphatic rings. The van der Waals surface area contributed by atoms with Gasteiger partial charge in [-0.1, -0.05) is 42.5 Å². The lowest BCUT2D eigenvalue weighted by atomic mass is 10.1. The number of rotatable bonds is 7. The van der Waals surface area contributed by atoms with Gasteiger partial charge in [0.15, 0.2) is 0 Å². The summed E-state index contributed by atoms with van der Waals surface area (Å²) in [6.07, 6.45) is 2.98. The Bertz CT molecular complexity index is 392. The first-order valence-corrected chi connectivity index (χ1v) is 6.56. The number of thiocarbonyl (C=S) groups is 1. The summed E-state index contributed by atoms with van der Waals surface area (Å²) in [7, 11) is 1.79. The van der Waals surface area contributed by atoms with Gasteiger partial charge in [0.25, 0.3) is 0 Å². The second kappa shape index (κ2) is 7.82. The Labute approximate surface area is 114 Å². The van der Waals surface area contributed by atoms with Gasteiger partial charge in [-0.15, -0.1) is 0 Å². The molecule has 0 spiro atoms. The average Bonchev–Trinajstić information content (AvgIpc) is 2.37. The van der Waals surface area contributed by atoms with E-state index in [0.29, 0.717) is 24.4 Å². The number of nitrogens with two attached hydrogens (primary N) is 1. The first-order valence-electron chi connectivity index (χ1n) is 6.16. The van der Waals surface area contributed by atoms with E-state index in [1.807, 2.05) is 18.2 Å². The third-order valence-corrected chi connectivity index (χ3v) is 3.02. The molecule has 0 heterocycles. The molecule has 0 saturated heterocycles. The second-order valence-electron chi connectivity index (χ2n) is 4.37. The van der Waals surface area contributed by atoms with Gasteiger partial charge in [0, 0.05) is 26.4 Å². The quantitative estimate of drug-likeness (QED) is 0.768. The molecular formula is C14H20N2OS. The Hall–Kier alpha value is -1.42. The number of carbonyl (C=O) groups excluding carboxylic acids is 1. The van der Waals surface area contributed by atoms with Crippen LogP contribution in [0.2, 0.25) is 0 Å². The maximum Gasteiger partial charge on any atom is 0.222 e. The molecule has 0 aliphatic heterocycles. The predicted octanol–water partition coefficient (Wildman–Crippen LogP) is 2.14. The van der Waals surface area contributed by atoms with Crippen molar-refractivity contribution in [3.63, 3.8) is 0 Å². The molecule has 2 N–H and O–H groups in total. The topological polar surface area (TPSA) is 46.3 Å². The molecule has 1 aromatic rings. The molecule has 0 bridgehead atoms. The van der Waals surface area contributed by atoms with Crippen LogP contribution in [0.25, 0.3) is 0 Å². The molecule has 0 aliphatic carbocycles. The number of aryl methyl sites for hydroxylation is 1. The summed E-state index contributed by atoms with van der Waals surface area (Å²) in [6, 6.07) is 10.2. The highest BCUT2D eigenvalue weighted by Gasteiger charge is 2.08. The van der Waals surface area contributed by atoms with Crippen molar-refractivity contribution in [1.82, 2.24) is 4.90 Å². The normalized spacial score (nSPS) is 10.1. The van der Waals surface area contributed by atoms with Crippen LogP contribution >= 0.6 is 12.2 Å². The van der Waals surface area contributed by atoms with Gasteiger partial charge in [-0.25, -0.2) is 0 Å². The number of amides is 1. The van der Waals surface area contributed by atoms with Crippen molar-refractivity contribution >= 4 is 23.1 Å². The van der Waals surface area contributed by atoms with E-state index in [1.54, 1.807) is 11.9 Å². The Morgan fingerprint density at radius 2 is 1.94 bits per heavy atom. The molecule has 0 fully saturated rings. The van der Waals surface area contributed by atoms with Gasteiger partial charge < -0.3 is 10.6 Å². The van der Waals surface area contributed by atoms with Gasteiger partial charge in [-0.05, 0) is 18.4 Å². The highest BCUT2D eigenvalue weighted by Crippen LogP contribution is 2.06. The highest BCUT2D eigenvalue weighted by atomic mass is 32.1. The van der Waals surface area contributed by atoms with Crippen molar-refractivity contribution in [2.75, 3.05) is 13.6 Å². The van der Waals surface area contributed by atoms with Crippen LogP contribution in [0.1, 0.15) is 24.8 Å². The standard InChI is InChI=1S/C14H20N2OS/c1-16(11-10-13(15)18)14(17)9-5-8-12-6-3-2-4-7-12/h2-4,6-7H,5,8-11H2,1H3,(H2,15,18). The average molecular weight is 264 g/mol. The van der Waals surface area contributed by atoms with E-state index in [1.165, 1.54) is 5.56 Å². The van der Waals surface area contributed by atoms with Crippen LogP contribution in [0, 0.1) is 0 Å². The minimum Gasteiger partial charge on any atom is -0.393 e. The zero-order chi connectivity index (χ0) is 13.4. The summed E-state index contributed by atoms with van der Waals surface area (Å²) < 4.78 is 0. The van der Waals surface area contributed by atoms with Gasteiger partial charge in [0.1, 0.15) is 0 Å². The number of nitrogens with zero attached hydrogens (tertiary/aromatic N) is 1. The van der Waals surface area contributed by atoms with Crippen LogP contribution in [-0.4, -0.2) is 29.4 Å². The van der Waals surface area contributed by atoms with Crippen LogP contribution in [0.3, 0.4) is 0 Å². The minimum absolute atomic E-state index is 0.155. The lowest BCUT2D eigenvalue weighted by Gasteiger charge is -2.16. The Morgan fingerprint density at radius 3 is 2.56 bits per heavy atom.